The maximum absolute atomic E-state index is 15.3. The predicted octanol–water partition coefficient (Wildman–Crippen LogP) is 4.96. The number of carbonyl (C=O) groups excluding carboxylic acids is 2. The van der Waals surface area contributed by atoms with Crippen molar-refractivity contribution < 1.29 is 47.0 Å². The number of benzene rings is 3. The maximum atomic E-state index is 15.3. The van der Waals surface area contributed by atoms with Crippen molar-refractivity contribution in [1.82, 2.24) is 19.7 Å². The van der Waals surface area contributed by atoms with Gasteiger partial charge in [0, 0.05) is 39.2 Å². The minimum Gasteiger partial charge on any atom is -0.493 e. The van der Waals surface area contributed by atoms with Crippen molar-refractivity contribution in [2.75, 3.05) is 40.2 Å². The monoisotopic (exact) mass is 762 g/mol. The molecule has 2 aromatic heterocycles. The van der Waals surface area contributed by atoms with Crippen LogP contribution in [0.2, 0.25) is 0 Å². The molecule has 282 valence electrons. The van der Waals surface area contributed by atoms with Crippen molar-refractivity contribution in [2.24, 2.45) is 0 Å². The molecule has 0 aliphatic rings. The van der Waals surface area contributed by atoms with Crippen molar-refractivity contribution in [1.29, 1.82) is 5.26 Å². The van der Waals surface area contributed by atoms with Crippen molar-refractivity contribution in [3.8, 4) is 28.8 Å². The van der Waals surface area contributed by atoms with E-state index in [1.165, 1.54) is 53.5 Å². The van der Waals surface area contributed by atoms with Crippen molar-refractivity contribution in [2.45, 2.75) is 38.3 Å². The van der Waals surface area contributed by atoms with Gasteiger partial charge in [-0.2, -0.15) is 5.26 Å². The second kappa shape index (κ2) is 17.2. The van der Waals surface area contributed by atoms with Crippen LogP contribution < -0.4 is 19.4 Å². The van der Waals surface area contributed by atoms with E-state index in [4.69, 9.17) is 29.2 Å². The van der Waals surface area contributed by atoms with Crippen LogP contribution in [0.3, 0.4) is 0 Å². The molecule has 2 atom stereocenters. The van der Waals surface area contributed by atoms with Crippen LogP contribution in [0, 0.1) is 23.0 Å². The average Bonchev–Trinajstić information content (AvgIpc) is 3.83. The van der Waals surface area contributed by atoms with Gasteiger partial charge < -0.3 is 24.1 Å². The number of amides is 1. The summed E-state index contributed by atoms with van der Waals surface area (Å²) in [6, 6.07) is 14.8. The number of thiazole rings is 1. The van der Waals surface area contributed by atoms with Gasteiger partial charge in [-0.3, -0.25) is 15.0 Å². The van der Waals surface area contributed by atoms with E-state index < -0.39 is 35.2 Å². The first kappa shape index (κ1) is 39.3. The molecule has 3 aromatic carbocycles. The van der Waals surface area contributed by atoms with E-state index >= 15 is 4.39 Å². The van der Waals surface area contributed by atoms with Crippen LogP contribution in [-0.2, 0) is 39.8 Å². The Morgan fingerprint density at radius 1 is 1.09 bits per heavy atom. The van der Waals surface area contributed by atoms with Crippen LogP contribution in [0.4, 0.5) is 19.3 Å². The number of ether oxygens (including phenoxy) is 4. The number of anilines is 1. The summed E-state index contributed by atoms with van der Waals surface area (Å²) in [5, 5.41) is 30.4. The molecule has 0 aliphatic heterocycles. The van der Waals surface area contributed by atoms with Gasteiger partial charge in [-0.15, -0.1) is 11.3 Å². The highest BCUT2D eigenvalue weighted by atomic mass is 32.1. The second-order valence-electron chi connectivity index (χ2n) is 12.4. The molecule has 0 saturated carbocycles. The molecule has 0 spiro atoms. The summed E-state index contributed by atoms with van der Waals surface area (Å²) in [5.41, 5.74) is 0.179. The van der Waals surface area contributed by atoms with Gasteiger partial charge >= 0.3 is 12.1 Å². The number of nitrogens with one attached hydrogen (secondary N) is 1. The lowest BCUT2D eigenvalue weighted by molar-refractivity contribution is -0.713. The quantitative estimate of drug-likeness (QED) is 0.109. The van der Waals surface area contributed by atoms with Gasteiger partial charge in [0.2, 0.25) is 13.1 Å². The Hall–Kier alpha value is -5.96. The molecule has 5 rings (SSSR count). The fourth-order valence-electron chi connectivity index (χ4n) is 5.50. The first-order valence-corrected chi connectivity index (χ1v) is 17.3. The zero-order valence-electron chi connectivity index (χ0n) is 30.1. The van der Waals surface area contributed by atoms with Crippen molar-refractivity contribution in [3.05, 3.63) is 106 Å². The molecule has 17 heteroatoms. The van der Waals surface area contributed by atoms with Crippen LogP contribution in [-0.4, -0.2) is 71.7 Å². The SMILES string of the molecule is COc1cc(COC(=O)CN(C)C)c(NC(=O)OCn2c[n+](C[C@](O)(c3cc(F)ccc3F)[C@@H](C)c3nc(-c4ccc(C#N)cc4)cs3)cn2)cc1OC. The number of aliphatic hydroxyl groups is 1. The topological polar surface area (TPSA) is 165 Å². The predicted molar refractivity (Wildman–Crippen MR) is 191 cm³/mol. The Kier molecular flexibility index (Phi) is 12.5. The van der Waals surface area contributed by atoms with Gasteiger partial charge in [0.15, 0.2) is 11.5 Å². The third-order valence-electron chi connectivity index (χ3n) is 8.37. The Bertz CT molecular complexity index is 2150. The lowest BCUT2D eigenvalue weighted by atomic mass is 9.82. The van der Waals surface area contributed by atoms with E-state index in [2.05, 4.69) is 16.5 Å². The number of methoxy groups -OCH3 is 2. The lowest BCUT2D eigenvalue weighted by Crippen LogP contribution is -2.48. The van der Waals surface area contributed by atoms with Crippen LogP contribution in [0.5, 0.6) is 11.5 Å². The smallest absolute Gasteiger partial charge is 0.414 e. The molecular weight excluding hydrogens is 725 g/mol. The summed E-state index contributed by atoms with van der Waals surface area (Å²) in [5.74, 6) is -2.21. The number of esters is 1. The highest BCUT2D eigenvalue weighted by Crippen LogP contribution is 2.41. The molecule has 14 nitrogen and oxygen atoms in total. The van der Waals surface area contributed by atoms with Gasteiger partial charge in [0.05, 0.1) is 48.8 Å². The molecule has 0 fully saturated rings. The minimum atomic E-state index is -2.03. The van der Waals surface area contributed by atoms with E-state index in [-0.39, 0.29) is 37.7 Å². The van der Waals surface area contributed by atoms with Crippen molar-refractivity contribution >= 4 is 29.1 Å². The Labute approximate surface area is 313 Å². The fraction of sp³-hybridized carbons (Fsp3) is 0.297. The zero-order chi connectivity index (χ0) is 39.0. The molecule has 0 bridgehead atoms. The normalized spacial score (nSPS) is 12.7. The molecule has 0 unspecified atom stereocenters. The Balaban J connectivity index is 1.32. The molecule has 2 N–H and O–H groups in total. The number of nitriles is 1. The number of aromatic nitrogens is 4. The van der Waals surface area contributed by atoms with Crippen LogP contribution in [0.15, 0.2) is 72.6 Å². The molecule has 2 heterocycles. The molecule has 54 heavy (non-hydrogen) atoms. The second-order valence-corrected chi connectivity index (χ2v) is 13.3. The third-order valence-corrected chi connectivity index (χ3v) is 9.40. The largest absolute Gasteiger partial charge is 0.493 e. The number of likely N-dealkylation sites (N-methyl/N-ethyl adjacent to an activating group) is 1. The summed E-state index contributed by atoms with van der Waals surface area (Å²) in [4.78, 5) is 31.5. The maximum Gasteiger partial charge on any atom is 0.414 e. The average molecular weight is 763 g/mol. The molecule has 0 radical (unpaired) electrons. The zero-order valence-corrected chi connectivity index (χ0v) is 30.9. The Morgan fingerprint density at radius 2 is 1.81 bits per heavy atom. The summed E-state index contributed by atoms with van der Waals surface area (Å²) < 4.78 is 54.0. The molecule has 1 amide bonds. The third kappa shape index (κ3) is 9.33. The Morgan fingerprint density at radius 3 is 2.50 bits per heavy atom. The van der Waals surface area contributed by atoms with Gasteiger partial charge in [-0.1, -0.05) is 23.7 Å². The first-order chi connectivity index (χ1) is 25.8. The summed E-state index contributed by atoms with van der Waals surface area (Å²) in [7, 11) is 6.33. The van der Waals surface area contributed by atoms with E-state index in [1.54, 1.807) is 61.6 Å². The minimum absolute atomic E-state index is 0.0567. The number of rotatable bonds is 15. The van der Waals surface area contributed by atoms with E-state index in [1.807, 2.05) is 0 Å². The van der Waals surface area contributed by atoms with Crippen LogP contribution in [0.25, 0.3) is 11.3 Å². The van der Waals surface area contributed by atoms with Gasteiger partial charge in [0.25, 0.3) is 6.33 Å². The highest BCUT2D eigenvalue weighted by molar-refractivity contribution is 7.10. The molecular formula is C37H38F2N7O7S+. The van der Waals surface area contributed by atoms with E-state index in [0.717, 1.165) is 23.8 Å². The number of carbonyl (C=O) groups is 2. The fourth-order valence-corrected chi connectivity index (χ4v) is 6.47. The molecule has 0 aliphatic carbocycles. The summed E-state index contributed by atoms with van der Waals surface area (Å²) >= 11 is 1.25. The number of hydrogen-bond acceptors (Lipinski definition) is 12. The van der Waals surface area contributed by atoms with Gasteiger partial charge in [0.1, 0.15) is 30.4 Å². The van der Waals surface area contributed by atoms with Gasteiger partial charge in [-0.25, -0.2) is 23.1 Å². The standard InChI is InChI=1S/C37H37F2N7O7S/c1-23(35-42-31(18-54-35)25-8-6-24(15-40)7-9-25)37(49,28-13-27(38)10-11-29(28)39)19-45-20-41-46(21-45)22-53-36(48)43-30-14-33(51-5)32(50-4)12-26(30)17-52-34(47)16-44(2)3/h6-14,18,20-21,23,49H,16-17,19,22H2,1-5H3/p+1/t23-,37+/m0/s1. The van der Waals surface area contributed by atoms with Crippen LogP contribution >= 0.6 is 11.3 Å². The molecule has 5 aromatic rings. The van der Waals surface area contributed by atoms with E-state index in [0.29, 0.717) is 33.3 Å². The highest BCUT2D eigenvalue weighted by Gasteiger charge is 2.43. The van der Waals surface area contributed by atoms with Crippen molar-refractivity contribution in [3.63, 3.8) is 0 Å². The summed E-state index contributed by atoms with van der Waals surface area (Å²) in [6.45, 7) is 0.889. The van der Waals surface area contributed by atoms with Gasteiger partial charge in [-0.05, 0) is 50.5 Å². The lowest BCUT2D eigenvalue weighted by Gasteiger charge is -2.32. The van der Waals surface area contributed by atoms with Crippen LogP contribution in [0.1, 0.15) is 34.5 Å². The van der Waals surface area contributed by atoms with E-state index in [9.17, 15) is 19.1 Å². The number of nitrogens with zero attached hydrogens (tertiary/aromatic N) is 6. The first-order valence-electron chi connectivity index (χ1n) is 16.4. The number of halogens is 2. The number of hydrogen-bond donors (Lipinski definition) is 2. The molecule has 0 saturated heterocycles. The summed E-state index contributed by atoms with van der Waals surface area (Å²) in [6.07, 6.45) is 1.89.